The number of hydrogen-bond donors (Lipinski definition) is 1. The molecule has 0 aliphatic heterocycles. The lowest BCUT2D eigenvalue weighted by atomic mass is 10.3. The molecule has 0 aliphatic rings. The first-order valence-electron chi connectivity index (χ1n) is 6.61. The van der Waals surface area contributed by atoms with Crippen LogP contribution in [0.1, 0.15) is 0 Å². The second kappa shape index (κ2) is 7.60. The van der Waals surface area contributed by atoms with Gasteiger partial charge in [0.25, 0.3) is 5.91 Å². The van der Waals surface area contributed by atoms with Crippen LogP contribution in [0.2, 0.25) is 5.02 Å². The molecule has 0 unspecified atom stereocenters. The minimum Gasteiger partial charge on any atom is -0.495 e. The molecule has 0 saturated heterocycles. The summed E-state index contributed by atoms with van der Waals surface area (Å²) in [6.07, 6.45) is 0. The van der Waals surface area contributed by atoms with Gasteiger partial charge in [0.2, 0.25) is 5.75 Å². The minimum atomic E-state index is -0.729. The fourth-order valence-electron chi connectivity index (χ4n) is 1.86. The highest BCUT2D eigenvalue weighted by Gasteiger charge is 2.17. The second-order valence-corrected chi connectivity index (χ2v) is 4.99. The molecule has 0 aromatic heterocycles. The molecule has 7 nitrogen and oxygen atoms in total. The quantitative estimate of drug-likeness (QED) is 0.634. The van der Waals surface area contributed by atoms with Gasteiger partial charge in [0, 0.05) is 17.2 Å². The topological polar surface area (TPSA) is 90.7 Å². The minimum absolute atomic E-state index is 0.312. The molecule has 0 aliphatic carbocycles. The van der Waals surface area contributed by atoms with Crippen molar-refractivity contribution in [3.63, 3.8) is 0 Å². The lowest BCUT2D eigenvalue weighted by molar-refractivity contribution is -0.385. The number of anilines is 1. The molecule has 0 spiro atoms. The predicted octanol–water partition coefficient (Wildman–Crippen LogP) is 3.41. The van der Waals surface area contributed by atoms with E-state index in [1.54, 1.807) is 12.1 Å². The number of methoxy groups -OCH3 is 1. The van der Waals surface area contributed by atoms with E-state index in [4.69, 9.17) is 21.1 Å². The average Bonchev–Trinajstić information content (AvgIpc) is 2.53. The number of rotatable bonds is 6. The Morgan fingerprint density at radius 2 is 2.04 bits per heavy atom. The van der Waals surface area contributed by atoms with Crippen molar-refractivity contribution in [2.45, 2.75) is 0 Å². The van der Waals surface area contributed by atoms with E-state index < -0.39 is 28.9 Å². The molecule has 2 aromatic rings. The third kappa shape index (κ3) is 4.32. The summed E-state index contributed by atoms with van der Waals surface area (Å²) >= 11 is 5.85. The zero-order chi connectivity index (χ0) is 17.7. The van der Waals surface area contributed by atoms with Crippen LogP contribution < -0.4 is 14.8 Å². The Kier molecular flexibility index (Phi) is 5.54. The summed E-state index contributed by atoms with van der Waals surface area (Å²) in [4.78, 5) is 22.1. The zero-order valence-electron chi connectivity index (χ0n) is 12.4. The van der Waals surface area contributed by atoms with Gasteiger partial charge in [0.05, 0.1) is 17.7 Å². The van der Waals surface area contributed by atoms with E-state index in [0.29, 0.717) is 16.5 Å². The van der Waals surface area contributed by atoms with Crippen LogP contribution >= 0.6 is 11.6 Å². The van der Waals surface area contributed by atoms with Gasteiger partial charge in [-0.1, -0.05) is 11.6 Å². The van der Waals surface area contributed by atoms with E-state index >= 15 is 0 Å². The van der Waals surface area contributed by atoms with E-state index in [2.05, 4.69) is 5.32 Å². The molecule has 0 fully saturated rings. The lowest BCUT2D eigenvalue weighted by Crippen LogP contribution is -2.20. The molecule has 2 rings (SSSR count). The van der Waals surface area contributed by atoms with Gasteiger partial charge in [-0.25, -0.2) is 4.39 Å². The maximum absolute atomic E-state index is 13.2. The standard InChI is InChI=1S/C15H12ClFN2O5/c1-23-13-5-2-9(16)6-11(13)18-15(20)8-24-14-7-10(17)3-4-12(14)19(21)22/h2-7H,8H2,1H3,(H,18,20). The van der Waals surface area contributed by atoms with Crippen LogP contribution in [0.4, 0.5) is 15.8 Å². The molecule has 1 N–H and O–H groups in total. The summed E-state index contributed by atoms with van der Waals surface area (Å²) in [5.74, 6) is -1.29. The van der Waals surface area contributed by atoms with Crippen LogP contribution in [0.25, 0.3) is 0 Å². The van der Waals surface area contributed by atoms with Crippen LogP contribution in [0, 0.1) is 15.9 Å². The fourth-order valence-corrected chi connectivity index (χ4v) is 2.03. The number of carbonyl (C=O) groups excluding carboxylic acids is 1. The third-order valence-electron chi connectivity index (χ3n) is 2.91. The monoisotopic (exact) mass is 354 g/mol. The molecule has 0 radical (unpaired) electrons. The van der Waals surface area contributed by atoms with Crippen molar-refractivity contribution in [1.82, 2.24) is 0 Å². The third-order valence-corrected chi connectivity index (χ3v) is 3.15. The Hall–Kier alpha value is -2.87. The molecule has 24 heavy (non-hydrogen) atoms. The fraction of sp³-hybridized carbons (Fsp3) is 0.133. The lowest BCUT2D eigenvalue weighted by Gasteiger charge is -2.11. The molecule has 9 heteroatoms. The summed E-state index contributed by atoms with van der Waals surface area (Å²) < 4.78 is 23.3. The Labute approximate surface area is 141 Å². The number of ether oxygens (including phenoxy) is 2. The van der Waals surface area contributed by atoms with Crippen LogP contribution in [0.5, 0.6) is 11.5 Å². The highest BCUT2D eigenvalue weighted by Crippen LogP contribution is 2.29. The van der Waals surface area contributed by atoms with Crippen LogP contribution in [-0.4, -0.2) is 24.5 Å². The summed E-state index contributed by atoms with van der Waals surface area (Å²) in [5, 5.41) is 13.7. The number of halogens is 2. The van der Waals surface area contributed by atoms with Crippen molar-refractivity contribution in [3.8, 4) is 11.5 Å². The Balaban J connectivity index is 2.08. The number of hydrogen-bond acceptors (Lipinski definition) is 5. The summed E-state index contributed by atoms with van der Waals surface area (Å²) in [6.45, 7) is -0.556. The molecule has 2 aromatic carbocycles. The average molecular weight is 355 g/mol. The van der Waals surface area contributed by atoms with E-state index in [-0.39, 0.29) is 5.75 Å². The molecular formula is C15H12ClFN2O5. The van der Waals surface area contributed by atoms with Gasteiger partial charge in [0.1, 0.15) is 11.6 Å². The van der Waals surface area contributed by atoms with E-state index in [1.807, 2.05) is 0 Å². The van der Waals surface area contributed by atoms with Crippen LogP contribution in [0.15, 0.2) is 36.4 Å². The largest absolute Gasteiger partial charge is 0.495 e. The maximum atomic E-state index is 13.2. The number of benzene rings is 2. The molecular weight excluding hydrogens is 343 g/mol. The number of amides is 1. The number of carbonyl (C=O) groups is 1. The summed E-state index contributed by atoms with van der Waals surface area (Å²) in [6, 6.07) is 7.36. The Morgan fingerprint density at radius 1 is 1.29 bits per heavy atom. The highest BCUT2D eigenvalue weighted by atomic mass is 35.5. The molecule has 1 amide bonds. The highest BCUT2D eigenvalue weighted by molar-refractivity contribution is 6.31. The number of nitro groups is 1. The summed E-state index contributed by atoms with van der Waals surface area (Å²) in [7, 11) is 1.42. The van der Waals surface area contributed by atoms with Crippen molar-refractivity contribution < 1.29 is 23.6 Å². The summed E-state index contributed by atoms with van der Waals surface area (Å²) in [5.41, 5.74) is -0.128. The molecule has 0 bridgehead atoms. The van der Waals surface area contributed by atoms with Crippen LogP contribution in [0.3, 0.4) is 0 Å². The molecule has 0 heterocycles. The maximum Gasteiger partial charge on any atom is 0.311 e. The predicted molar refractivity (Wildman–Crippen MR) is 85.2 cm³/mol. The van der Waals surface area contributed by atoms with Gasteiger partial charge >= 0.3 is 5.69 Å². The Morgan fingerprint density at radius 3 is 2.71 bits per heavy atom. The number of nitrogens with one attached hydrogen (secondary N) is 1. The van der Waals surface area contributed by atoms with Crippen molar-refractivity contribution >= 4 is 28.9 Å². The number of nitrogens with zero attached hydrogens (tertiary/aromatic N) is 1. The van der Waals surface area contributed by atoms with Crippen LogP contribution in [-0.2, 0) is 4.79 Å². The molecule has 0 atom stereocenters. The van der Waals surface area contributed by atoms with Crippen molar-refractivity contribution in [3.05, 3.63) is 57.4 Å². The van der Waals surface area contributed by atoms with Gasteiger partial charge < -0.3 is 14.8 Å². The van der Waals surface area contributed by atoms with Crippen molar-refractivity contribution in [2.24, 2.45) is 0 Å². The van der Waals surface area contributed by atoms with Crippen molar-refractivity contribution in [2.75, 3.05) is 19.0 Å². The Bertz CT molecular complexity index is 784. The zero-order valence-corrected chi connectivity index (χ0v) is 13.2. The van der Waals surface area contributed by atoms with Gasteiger partial charge in [-0.3, -0.25) is 14.9 Å². The van der Waals surface area contributed by atoms with E-state index in [1.165, 1.54) is 13.2 Å². The van der Waals surface area contributed by atoms with Gasteiger partial charge in [-0.05, 0) is 24.3 Å². The normalized spacial score (nSPS) is 10.1. The first-order valence-corrected chi connectivity index (χ1v) is 6.98. The first kappa shape index (κ1) is 17.5. The van der Waals surface area contributed by atoms with Crippen molar-refractivity contribution in [1.29, 1.82) is 0 Å². The first-order chi connectivity index (χ1) is 11.4. The number of nitro benzene ring substituents is 1. The molecule has 0 saturated carbocycles. The van der Waals surface area contributed by atoms with Gasteiger partial charge in [-0.15, -0.1) is 0 Å². The van der Waals surface area contributed by atoms with E-state index in [9.17, 15) is 19.3 Å². The molecule has 126 valence electrons. The van der Waals surface area contributed by atoms with E-state index in [0.717, 1.165) is 18.2 Å². The SMILES string of the molecule is COc1ccc(Cl)cc1NC(=O)COc1cc(F)ccc1[N+](=O)[O-]. The van der Waals surface area contributed by atoms with Gasteiger partial charge in [-0.2, -0.15) is 0 Å². The second-order valence-electron chi connectivity index (χ2n) is 4.55. The van der Waals surface area contributed by atoms with Gasteiger partial charge in [0.15, 0.2) is 6.61 Å². The smallest absolute Gasteiger partial charge is 0.311 e.